The first-order valence-corrected chi connectivity index (χ1v) is 10.8. The van der Waals surface area contributed by atoms with Gasteiger partial charge in [0.1, 0.15) is 0 Å². The molecule has 0 aliphatic rings. The molecular formula is C18H30ClNO2S. The highest BCUT2D eigenvalue weighted by atomic mass is 35.5. The zero-order valence-corrected chi connectivity index (χ0v) is 15.8. The van der Waals surface area contributed by atoms with Crippen molar-refractivity contribution < 1.29 is 8.42 Å². The van der Waals surface area contributed by atoms with Gasteiger partial charge in [-0.2, -0.15) is 0 Å². The van der Waals surface area contributed by atoms with Crippen LogP contribution in [-0.4, -0.2) is 14.2 Å². The number of nitrogen functional groups attached to an aromatic ring is 1. The molecule has 2 N–H and O–H groups in total. The number of unbranched alkanes of at least 4 members (excludes halogenated alkanes) is 9. The third-order valence-corrected chi connectivity index (χ3v) is 6.22. The van der Waals surface area contributed by atoms with Crippen LogP contribution in [0.25, 0.3) is 0 Å². The maximum atomic E-state index is 12.2. The third-order valence-electron chi connectivity index (χ3n) is 4.10. The summed E-state index contributed by atoms with van der Waals surface area (Å²) in [6, 6.07) is 4.53. The number of sulfone groups is 1. The summed E-state index contributed by atoms with van der Waals surface area (Å²) < 4.78 is 24.5. The number of hydrogen-bond acceptors (Lipinski definition) is 3. The zero-order chi connectivity index (χ0) is 17.1. The molecule has 0 heterocycles. The second-order valence-corrected chi connectivity index (χ2v) is 8.70. The van der Waals surface area contributed by atoms with E-state index in [4.69, 9.17) is 17.3 Å². The van der Waals surface area contributed by atoms with E-state index in [-0.39, 0.29) is 10.6 Å². The van der Waals surface area contributed by atoms with Crippen molar-refractivity contribution in [3.63, 3.8) is 0 Å². The summed E-state index contributed by atoms with van der Waals surface area (Å²) in [5.74, 6) is 0.184. The summed E-state index contributed by atoms with van der Waals surface area (Å²) in [5.41, 5.74) is 6.02. The van der Waals surface area contributed by atoms with Gasteiger partial charge in [-0.3, -0.25) is 0 Å². The topological polar surface area (TPSA) is 60.2 Å². The molecule has 0 unspecified atom stereocenters. The van der Waals surface area contributed by atoms with Crippen molar-refractivity contribution in [2.24, 2.45) is 0 Å². The molecule has 1 rings (SSSR count). The summed E-state index contributed by atoms with van der Waals surface area (Å²) in [4.78, 5) is 0.271. The smallest absolute Gasteiger partial charge is 0.178 e. The van der Waals surface area contributed by atoms with Crippen molar-refractivity contribution in [2.45, 2.75) is 76.0 Å². The molecule has 5 heteroatoms. The van der Waals surface area contributed by atoms with E-state index in [0.29, 0.717) is 17.1 Å². The van der Waals surface area contributed by atoms with E-state index in [9.17, 15) is 8.42 Å². The van der Waals surface area contributed by atoms with E-state index in [1.807, 2.05) is 0 Å². The monoisotopic (exact) mass is 359 g/mol. The molecule has 0 amide bonds. The van der Waals surface area contributed by atoms with Crippen LogP contribution in [0, 0.1) is 0 Å². The molecular weight excluding hydrogens is 330 g/mol. The number of rotatable bonds is 12. The van der Waals surface area contributed by atoms with Crippen LogP contribution >= 0.6 is 11.6 Å². The van der Waals surface area contributed by atoms with Crippen molar-refractivity contribution in [3.8, 4) is 0 Å². The number of benzene rings is 1. The molecule has 0 saturated carbocycles. The highest BCUT2D eigenvalue weighted by Crippen LogP contribution is 2.23. The summed E-state index contributed by atoms with van der Waals surface area (Å²) in [5, 5.41) is 0.300. The van der Waals surface area contributed by atoms with Crippen LogP contribution in [0.15, 0.2) is 23.1 Å². The van der Waals surface area contributed by atoms with Crippen LogP contribution in [0.4, 0.5) is 5.69 Å². The van der Waals surface area contributed by atoms with Crippen molar-refractivity contribution in [2.75, 3.05) is 11.5 Å². The van der Waals surface area contributed by atoms with Gasteiger partial charge in [0.05, 0.1) is 21.4 Å². The largest absolute Gasteiger partial charge is 0.398 e. The molecule has 0 aromatic heterocycles. The molecule has 0 atom stereocenters. The molecule has 0 radical (unpaired) electrons. The van der Waals surface area contributed by atoms with Crippen molar-refractivity contribution >= 4 is 27.1 Å². The fourth-order valence-corrected chi connectivity index (χ4v) is 4.24. The van der Waals surface area contributed by atoms with E-state index in [0.717, 1.165) is 12.8 Å². The van der Waals surface area contributed by atoms with E-state index < -0.39 is 9.84 Å². The molecule has 0 spiro atoms. The van der Waals surface area contributed by atoms with Crippen LogP contribution in [0.3, 0.4) is 0 Å². The Hall–Kier alpha value is -0.740. The van der Waals surface area contributed by atoms with Gasteiger partial charge < -0.3 is 5.73 Å². The van der Waals surface area contributed by atoms with Crippen molar-refractivity contribution in [1.29, 1.82) is 0 Å². The fourth-order valence-electron chi connectivity index (χ4n) is 2.60. The van der Waals surface area contributed by atoms with Crippen LogP contribution in [0.1, 0.15) is 71.1 Å². The van der Waals surface area contributed by atoms with Gasteiger partial charge in [0.15, 0.2) is 9.84 Å². The Balaban J connectivity index is 2.18. The Labute approximate surface area is 146 Å². The van der Waals surface area contributed by atoms with Gasteiger partial charge in [-0.25, -0.2) is 8.42 Å². The summed E-state index contributed by atoms with van der Waals surface area (Å²) >= 11 is 5.89. The van der Waals surface area contributed by atoms with Gasteiger partial charge in [-0.15, -0.1) is 0 Å². The van der Waals surface area contributed by atoms with Gasteiger partial charge in [-0.1, -0.05) is 76.3 Å². The molecule has 1 aromatic carbocycles. The average molecular weight is 360 g/mol. The summed E-state index contributed by atoms with van der Waals surface area (Å²) in [6.45, 7) is 2.23. The second kappa shape index (κ2) is 10.9. The Morgan fingerprint density at radius 1 is 0.913 bits per heavy atom. The summed E-state index contributed by atoms with van der Waals surface area (Å²) in [6.07, 6.45) is 11.9. The van der Waals surface area contributed by atoms with Crippen molar-refractivity contribution in [1.82, 2.24) is 0 Å². The van der Waals surface area contributed by atoms with Gasteiger partial charge >= 0.3 is 0 Å². The lowest BCUT2D eigenvalue weighted by Gasteiger charge is -2.06. The van der Waals surface area contributed by atoms with Crippen LogP contribution in [0.5, 0.6) is 0 Å². The maximum Gasteiger partial charge on any atom is 0.178 e. The molecule has 0 fully saturated rings. The lowest BCUT2D eigenvalue weighted by molar-refractivity contribution is 0.558. The maximum absolute atomic E-state index is 12.2. The van der Waals surface area contributed by atoms with Gasteiger partial charge in [0.2, 0.25) is 0 Å². The summed E-state index contributed by atoms with van der Waals surface area (Å²) in [7, 11) is -3.25. The van der Waals surface area contributed by atoms with E-state index in [1.54, 1.807) is 6.07 Å². The first-order valence-electron chi connectivity index (χ1n) is 8.75. The molecule has 132 valence electrons. The minimum atomic E-state index is -3.25. The predicted octanol–water partition coefficient (Wildman–Crippen LogP) is 5.62. The average Bonchev–Trinajstić information content (AvgIpc) is 2.51. The minimum Gasteiger partial charge on any atom is -0.398 e. The number of hydrogen-bond donors (Lipinski definition) is 1. The van der Waals surface area contributed by atoms with E-state index in [2.05, 4.69) is 6.92 Å². The normalized spacial score (nSPS) is 11.7. The first kappa shape index (κ1) is 20.3. The quantitative estimate of drug-likeness (QED) is 0.389. The number of halogens is 1. The van der Waals surface area contributed by atoms with E-state index >= 15 is 0 Å². The minimum absolute atomic E-state index is 0.184. The van der Waals surface area contributed by atoms with Crippen LogP contribution in [-0.2, 0) is 9.84 Å². The Kier molecular flexibility index (Phi) is 9.65. The van der Waals surface area contributed by atoms with E-state index in [1.165, 1.54) is 57.1 Å². The Bertz CT molecular complexity index is 558. The predicted molar refractivity (Wildman–Crippen MR) is 99.8 cm³/mol. The highest BCUT2D eigenvalue weighted by Gasteiger charge is 2.15. The molecule has 0 bridgehead atoms. The molecule has 0 aliphatic carbocycles. The lowest BCUT2D eigenvalue weighted by Crippen LogP contribution is -2.07. The van der Waals surface area contributed by atoms with Crippen LogP contribution in [0.2, 0.25) is 5.02 Å². The zero-order valence-electron chi connectivity index (χ0n) is 14.2. The highest BCUT2D eigenvalue weighted by molar-refractivity contribution is 7.91. The van der Waals surface area contributed by atoms with Gasteiger partial charge in [-0.05, 0) is 24.6 Å². The Morgan fingerprint density at radius 2 is 1.43 bits per heavy atom. The van der Waals surface area contributed by atoms with Gasteiger partial charge in [0, 0.05) is 0 Å². The van der Waals surface area contributed by atoms with Gasteiger partial charge in [0.25, 0.3) is 0 Å². The van der Waals surface area contributed by atoms with Crippen molar-refractivity contribution in [3.05, 3.63) is 23.2 Å². The standard InChI is InChI=1S/C18H30ClNO2S/c1-2-3-4-5-6-7-8-9-10-11-14-23(21,22)16-12-13-18(20)17(19)15-16/h12-13,15H,2-11,14,20H2,1H3. The second-order valence-electron chi connectivity index (χ2n) is 6.18. The molecule has 23 heavy (non-hydrogen) atoms. The Morgan fingerprint density at radius 3 is 1.96 bits per heavy atom. The fraction of sp³-hybridized carbons (Fsp3) is 0.667. The number of anilines is 1. The SMILES string of the molecule is CCCCCCCCCCCCS(=O)(=O)c1ccc(N)c(Cl)c1. The molecule has 0 saturated heterocycles. The third kappa shape index (κ3) is 8.07. The molecule has 1 aromatic rings. The van der Waals surface area contributed by atoms with Crippen LogP contribution < -0.4 is 5.73 Å². The molecule has 3 nitrogen and oxygen atoms in total. The first-order chi connectivity index (χ1) is 11.0. The number of nitrogens with two attached hydrogens (primary N) is 1. The lowest BCUT2D eigenvalue weighted by atomic mass is 10.1. The molecule has 0 aliphatic heterocycles.